The van der Waals surface area contributed by atoms with Crippen LogP contribution in [0.25, 0.3) is 11.1 Å². The molecule has 0 unspecified atom stereocenters. The maximum absolute atomic E-state index is 3.46. The Morgan fingerprint density at radius 3 is 2.11 bits per heavy atom. The Labute approximate surface area is 118 Å². The molecule has 0 bridgehead atoms. The highest BCUT2D eigenvalue weighted by Crippen LogP contribution is 2.19. The molecule has 2 aromatic carbocycles. The van der Waals surface area contributed by atoms with E-state index in [4.69, 9.17) is 0 Å². The second kappa shape index (κ2) is 6.72. The predicted molar refractivity (Wildman–Crippen MR) is 82.0 cm³/mol. The van der Waals surface area contributed by atoms with Crippen molar-refractivity contribution in [2.75, 3.05) is 19.0 Å². The highest BCUT2D eigenvalue weighted by Gasteiger charge is 1.99. The van der Waals surface area contributed by atoms with E-state index in [0.717, 1.165) is 18.4 Å². The van der Waals surface area contributed by atoms with E-state index in [9.17, 15) is 0 Å². The first-order valence-electron chi connectivity index (χ1n) is 6.18. The molecule has 0 radical (unpaired) electrons. The summed E-state index contributed by atoms with van der Waals surface area (Å²) >= 11 is 3.46. The van der Waals surface area contributed by atoms with Crippen LogP contribution in [0.15, 0.2) is 54.6 Å². The summed E-state index contributed by atoms with van der Waals surface area (Å²) in [4.78, 5) is 2.26. The number of hydrogen-bond acceptors (Lipinski definition) is 1. The second-order valence-electron chi connectivity index (χ2n) is 4.51. The van der Waals surface area contributed by atoms with Crippen LogP contribution in [0.3, 0.4) is 0 Å². The summed E-state index contributed by atoms with van der Waals surface area (Å²) in [5, 5.41) is 0. The van der Waals surface area contributed by atoms with Crippen LogP contribution in [0.5, 0.6) is 0 Å². The zero-order valence-electron chi connectivity index (χ0n) is 10.6. The third-order valence-corrected chi connectivity index (χ3v) is 3.90. The van der Waals surface area contributed by atoms with Crippen LogP contribution in [0.2, 0.25) is 0 Å². The summed E-state index contributed by atoms with van der Waals surface area (Å²) in [5.41, 5.74) is 4.88. The fraction of sp³-hybridized carbons (Fsp3) is 0.250. The highest BCUT2D eigenvalue weighted by molar-refractivity contribution is 9.09. The lowest BCUT2D eigenvalue weighted by Gasteiger charge is -2.12. The SMILES string of the molecule is CN(CBr)CCc1ccc(-c2ccccc2)cc1. The van der Waals surface area contributed by atoms with Crippen molar-refractivity contribution in [1.29, 1.82) is 0 Å². The maximum Gasteiger partial charge on any atom is 0.0539 e. The Morgan fingerprint density at radius 2 is 1.50 bits per heavy atom. The molecule has 1 nitrogen and oxygen atoms in total. The van der Waals surface area contributed by atoms with Crippen molar-refractivity contribution in [1.82, 2.24) is 4.90 Å². The van der Waals surface area contributed by atoms with E-state index in [-0.39, 0.29) is 0 Å². The van der Waals surface area contributed by atoms with E-state index >= 15 is 0 Å². The minimum absolute atomic E-state index is 0.926. The summed E-state index contributed by atoms with van der Waals surface area (Å²) in [6.45, 7) is 1.08. The molecule has 0 heterocycles. The largest absolute Gasteiger partial charge is 0.296 e. The molecule has 0 saturated carbocycles. The van der Waals surface area contributed by atoms with Gasteiger partial charge in [0.2, 0.25) is 0 Å². The molecule has 94 valence electrons. The lowest BCUT2D eigenvalue weighted by molar-refractivity contribution is 0.401. The molecule has 0 atom stereocenters. The van der Waals surface area contributed by atoms with Gasteiger partial charge in [-0.2, -0.15) is 0 Å². The van der Waals surface area contributed by atoms with Gasteiger partial charge in [-0.1, -0.05) is 70.5 Å². The summed E-state index contributed by atoms with van der Waals surface area (Å²) < 4.78 is 0. The molecule has 0 amide bonds. The van der Waals surface area contributed by atoms with Gasteiger partial charge in [-0.05, 0) is 30.2 Å². The molecule has 0 aliphatic rings. The molecule has 2 heteroatoms. The number of benzene rings is 2. The lowest BCUT2D eigenvalue weighted by atomic mass is 10.0. The van der Waals surface area contributed by atoms with E-state index in [0.29, 0.717) is 0 Å². The van der Waals surface area contributed by atoms with Gasteiger partial charge < -0.3 is 0 Å². The van der Waals surface area contributed by atoms with Crippen molar-refractivity contribution in [3.63, 3.8) is 0 Å². The Morgan fingerprint density at radius 1 is 0.889 bits per heavy atom. The molecule has 18 heavy (non-hydrogen) atoms. The van der Waals surface area contributed by atoms with E-state index in [1.807, 2.05) is 6.07 Å². The zero-order valence-corrected chi connectivity index (χ0v) is 12.2. The monoisotopic (exact) mass is 303 g/mol. The second-order valence-corrected chi connectivity index (χ2v) is 5.01. The van der Waals surface area contributed by atoms with Crippen molar-refractivity contribution in [2.45, 2.75) is 6.42 Å². The van der Waals surface area contributed by atoms with Gasteiger partial charge in [0.25, 0.3) is 0 Å². The molecular weight excluding hydrogens is 286 g/mol. The first-order valence-corrected chi connectivity index (χ1v) is 7.30. The number of rotatable bonds is 5. The van der Waals surface area contributed by atoms with Gasteiger partial charge in [0.15, 0.2) is 0 Å². The standard InChI is InChI=1S/C16H18BrN/c1-18(13-17)12-11-14-7-9-16(10-8-14)15-5-3-2-4-6-15/h2-10H,11-13H2,1H3. The Bertz CT molecular complexity index is 464. The van der Waals surface area contributed by atoms with Gasteiger partial charge in [-0.3, -0.25) is 4.90 Å². The Kier molecular flexibility index (Phi) is 4.97. The normalized spacial score (nSPS) is 10.8. The van der Waals surface area contributed by atoms with Crippen molar-refractivity contribution in [3.05, 3.63) is 60.2 Å². The molecular formula is C16H18BrN. The van der Waals surface area contributed by atoms with Gasteiger partial charge in [-0.25, -0.2) is 0 Å². The third kappa shape index (κ3) is 3.69. The van der Waals surface area contributed by atoms with Crippen LogP contribution in [0.4, 0.5) is 0 Å². The number of alkyl halides is 1. The number of hydrogen-bond donors (Lipinski definition) is 0. The summed E-state index contributed by atoms with van der Waals surface area (Å²) in [7, 11) is 2.12. The summed E-state index contributed by atoms with van der Waals surface area (Å²) in [6, 6.07) is 19.4. The van der Waals surface area contributed by atoms with E-state index in [1.54, 1.807) is 0 Å². The molecule has 0 aromatic heterocycles. The zero-order chi connectivity index (χ0) is 12.8. The number of halogens is 1. The molecule has 0 fully saturated rings. The molecule has 0 N–H and O–H groups in total. The first-order chi connectivity index (χ1) is 8.79. The van der Waals surface area contributed by atoms with Gasteiger partial charge in [-0.15, -0.1) is 0 Å². The average Bonchev–Trinajstić information content (AvgIpc) is 2.46. The van der Waals surface area contributed by atoms with Crippen LogP contribution in [-0.2, 0) is 6.42 Å². The van der Waals surface area contributed by atoms with Crippen molar-refractivity contribution >= 4 is 15.9 Å². The summed E-state index contributed by atoms with van der Waals surface area (Å²) in [6.07, 6.45) is 1.09. The van der Waals surface area contributed by atoms with Gasteiger partial charge >= 0.3 is 0 Å². The molecule has 0 aliphatic carbocycles. The topological polar surface area (TPSA) is 3.24 Å². The van der Waals surface area contributed by atoms with Crippen LogP contribution in [0.1, 0.15) is 5.56 Å². The quantitative estimate of drug-likeness (QED) is 0.591. The lowest BCUT2D eigenvalue weighted by Crippen LogP contribution is -2.18. The maximum atomic E-state index is 3.46. The van der Waals surface area contributed by atoms with Crippen molar-refractivity contribution in [3.8, 4) is 11.1 Å². The minimum Gasteiger partial charge on any atom is -0.296 e. The Balaban J connectivity index is 2.02. The van der Waals surface area contributed by atoms with Crippen LogP contribution < -0.4 is 0 Å². The van der Waals surface area contributed by atoms with Crippen molar-refractivity contribution < 1.29 is 0 Å². The van der Waals surface area contributed by atoms with Crippen LogP contribution >= 0.6 is 15.9 Å². The fourth-order valence-corrected chi connectivity index (χ4v) is 2.12. The Hall–Kier alpha value is -1.12. The van der Waals surface area contributed by atoms with Crippen LogP contribution in [0, 0.1) is 0 Å². The fourth-order valence-electron chi connectivity index (χ4n) is 1.87. The minimum atomic E-state index is 0.926. The molecule has 0 aliphatic heterocycles. The van der Waals surface area contributed by atoms with E-state index in [1.165, 1.54) is 16.7 Å². The van der Waals surface area contributed by atoms with Crippen molar-refractivity contribution in [2.24, 2.45) is 0 Å². The smallest absolute Gasteiger partial charge is 0.0539 e. The molecule has 2 rings (SSSR count). The first kappa shape index (κ1) is 13.3. The predicted octanol–water partition coefficient (Wildman–Crippen LogP) is 4.18. The molecule has 0 spiro atoms. The van der Waals surface area contributed by atoms with E-state index in [2.05, 4.69) is 76.4 Å². The van der Waals surface area contributed by atoms with Gasteiger partial charge in [0.05, 0.1) is 5.45 Å². The number of nitrogens with zero attached hydrogens (tertiary/aromatic N) is 1. The number of likely N-dealkylation sites (N-methyl/N-ethyl adjacent to an activating group) is 1. The third-order valence-electron chi connectivity index (χ3n) is 3.05. The molecule has 0 saturated heterocycles. The van der Waals surface area contributed by atoms with E-state index < -0.39 is 0 Å². The average molecular weight is 304 g/mol. The highest BCUT2D eigenvalue weighted by atomic mass is 79.9. The summed E-state index contributed by atoms with van der Waals surface area (Å²) in [5.74, 6) is 0. The van der Waals surface area contributed by atoms with Gasteiger partial charge in [0.1, 0.15) is 0 Å². The van der Waals surface area contributed by atoms with Crippen LogP contribution in [-0.4, -0.2) is 23.9 Å². The van der Waals surface area contributed by atoms with Gasteiger partial charge in [0, 0.05) is 6.54 Å². The molecule has 2 aromatic rings.